The van der Waals surface area contributed by atoms with Crippen molar-refractivity contribution in [1.29, 1.82) is 0 Å². The first kappa shape index (κ1) is 11.9. The van der Waals surface area contributed by atoms with Crippen molar-refractivity contribution < 1.29 is 4.79 Å². The van der Waals surface area contributed by atoms with Crippen LogP contribution < -0.4 is 11.1 Å². The van der Waals surface area contributed by atoms with Gasteiger partial charge in [-0.15, -0.1) is 0 Å². The zero-order chi connectivity index (χ0) is 12.7. The smallest absolute Gasteiger partial charge is 0.263 e. The molecule has 2 bridgehead atoms. The van der Waals surface area contributed by atoms with E-state index in [1.807, 2.05) is 6.92 Å². The summed E-state index contributed by atoms with van der Waals surface area (Å²) < 4.78 is 0. The first-order chi connectivity index (χ1) is 8.63. The number of hydrogen-bond donors (Lipinski definition) is 2. The van der Waals surface area contributed by atoms with Gasteiger partial charge in [0.05, 0.1) is 5.69 Å². The molecule has 3 saturated heterocycles. The molecule has 1 unspecified atom stereocenters. The Morgan fingerprint density at radius 2 is 2.22 bits per heavy atom. The molecule has 0 aliphatic carbocycles. The first-order valence-corrected chi connectivity index (χ1v) is 7.21. The van der Waals surface area contributed by atoms with E-state index in [4.69, 9.17) is 5.73 Å². The minimum atomic E-state index is -0.0135. The molecule has 3 aliphatic rings. The molecule has 1 aromatic heterocycles. The van der Waals surface area contributed by atoms with E-state index >= 15 is 0 Å². The van der Waals surface area contributed by atoms with Gasteiger partial charge >= 0.3 is 0 Å². The van der Waals surface area contributed by atoms with Gasteiger partial charge in [0.25, 0.3) is 5.91 Å². The number of nitrogens with one attached hydrogen (secondary N) is 1. The van der Waals surface area contributed by atoms with Crippen LogP contribution in [0.1, 0.15) is 28.2 Å². The highest BCUT2D eigenvalue weighted by Crippen LogP contribution is 2.28. The number of aromatic nitrogens is 1. The molecular weight excluding hydrogens is 248 g/mol. The van der Waals surface area contributed by atoms with Crippen molar-refractivity contribution in [3.8, 4) is 0 Å². The van der Waals surface area contributed by atoms with Gasteiger partial charge in [-0.2, -0.15) is 0 Å². The summed E-state index contributed by atoms with van der Waals surface area (Å²) in [5.41, 5.74) is 6.36. The van der Waals surface area contributed by atoms with E-state index in [0.29, 0.717) is 22.0 Å². The Labute approximate surface area is 110 Å². The SMILES string of the molecule is Cc1nc(N)sc1C(=O)NC1CN2CCC1CC2. The number of hydrogen-bond acceptors (Lipinski definition) is 5. The summed E-state index contributed by atoms with van der Waals surface area (Å²) in [6, 6.07) is 0.294. The molecule has 1 atom stereocenters. The van der Waals surface area contributed by atoms with Crippen LogP contribution in [-0.2, 0) is 0 Å². The van der Waals surface area contributed by atoms with Gasteiger partial charge in [-0.05, 0) is 38.8 Å². The van der Waals surface area contributed by atoms with E-state index in [-0.39, 0.29) is 5.91 Å². The highest BCUT2D eigenvalue weighted by Gasteiger charge is 2.35. The standard InChI is InChI=1S/C12H18N4OS/c1-7-10(18-12(13)14-7)11(17)15-9-6-16-4-2-8(9)3-5-16/h8-9H,2-6H2,1H3,(H2,13,14)(H,15,17). The topological polar surface area (TPSA) is 71.2 Å². The van der Waals surface area contributed by atoms with Crippen LogP contribution in [0.15, 0.2) is 0 Å². The summed E-state index contributed by atoms with van der Waals surface area (Å²) in [5, 5.41) is 3.62. The molecule has 3 N–H and O–H groups in total. The first-order valence-electron chi connectivity index (χ1n) is 6.39. The molecule has 18 heavy (non-hydrogen) atoms. The number of fused-ring (bicyclic) bond motifs is 3. The number of aryl methyl sites for hydroxylation is 1. The number of carbonyl (C=O) groups excluding carboxylic acids is 1. The second-order valence-electron chi connectivity index (χ2n) is 5.18. The minimum Gasteiger partial charge on any atom is -0.375 e. The van der Waals surface area contributed by atoms with Gasteiger partial charge in [-0.3, -0.25) is 4.79 Å². The van der Waals surface area contributed by atoms with Crippen LogP contribution in [-0.4, -0.2) is 41.5 Å². The van der Waals surface area contributed by atoms with E-state index in [9.17, 15) is 4.79 Å². The van der Waals surface area contributed by atoms with E-state index in [0.717, 1.165) is 12.2 Å². The number of thiazole rings is 1. The van der Waals surface area contributed by atoms with E-state index in [2.05, 4.69) is 15.2 Å². The van der Waals surface area contributed by atoms with Crippen LogP contribution in [0, 0.1) is 12.8 Å². The summed E-state index contributed by atoms with van der Waals surface area (Å²) in [5.74, 6) is 0.630. The zero-order valence-corrected chi connectivity index (χ0v) is 11.3. The lowest BCUT2D eigenvalue weighted by atomic mass is 9.84. The maximum absolute atomic E-state index is 12.2. The fourth-order valence-corrected chi connectivity index (χ4v) is 3.73. The third-order valence-corrected chi connectivity index (χ3v) is 4.98. The Morgan fingerprint density at radius 1 is 1.50 bits per heavy atom. The molecule has 4 rings (SSSR count). The largest absolute Gasteiger partial charge is 0.375 e. The van der Waals surface area contributed by atoms with Gasteiger partial charge in [0.15, 0.2) is 5.13 Å². The fourth-order valence-electron chi connectivity index (χ4n) is 2.99. The maximum Gasteiger partial charge on any atom is 0.263 e. The van der Waals surface area contributed by atoms with Crippen molar-refractivity contribution >= 4 is 22.4 Å². The van der Waals surface area contributed by atoms with Gasteiger partial charge in [0, 0.05) is 12.6 Å². The molecular formula is C12H18N4OS. The lowest BCUT2D eigenvalue weighted by Gasteiger charge is -2.44. The highest BCUT2D eigenvalue weighted by molar-refractivity contribution is 7.17. The monoisotopic (exact) mass is 266 g/mol. The third kappa shape index (κ3) is 2.10. The van der Waals surface area contributed by atoms with Crippen molar-refractivity contribution in [3.05, 3.63) is 10.6 Å². The number of nitrogen functional groups attached to an aromatic ring is 1. The number of piperidine rings is 3. The maximum atomic E-state index is 12.2. The average Bonchev–Trinajstić information content (AvgIpc) is 2.70. The Morgan fingerprint density at radius 3 is 2.72 bits per heavy atom. The molecule has 0 aromatic carbocycles. The Kier molecular flexibility index (Phi) is 2.99. The molecule has 98 valence electrons. The normalized spacial score (nSPS) is 30.4. The average molecular weight is 266 g/mol. The number of nitrogens with two attached hydrogens (primary N) is 1. The van der Waals surface area contributed by atoms with Crippen LogP contribution in [0.5, 0.6) is 0 Å². The van der Waals surface area contributed by atoms with Gasteiger partial charge in [-0.1, -0.05) is 11.3 Å². The molecule has 4 heterocycles. The number of rotatable bonds is 2. The summed E-state index contributed by atoms with van der Waals surface area (Å²) in [6.07, 6.45) is 2.41. The molecule has 0 saturated carbocycles. The molecule has 3 fully saturated rings. The Hall–Kier alpha value is -1.14. The Bertz CT molecular complexity index is 465. The van der Waals surface area contributed by atoms with Crippen molar-refractivity contribution in [2.75, 3.05) is 25.4 Å². The second-order valence-corrected chi connectivity index (χ2v) is 6.22. The predicted octanol–water partition coefficient (Wildman–Crippen LogP) is 0.858. The molecule has 0 spiro atoms. The van der Waals surface area contributed by atoms with Gasteiger partial charge in [0.2, 0.25) is 0 Å². The quantitative estimate of drug-likeness (QED) is 0.833. The van der Waals surface area contributed by atoms with E-state index in [1.165, 1.54) is 37.3 Å². The molecule has 6 heteroatoms. The molecule has 0 radical (unpaired) electrons. The fraction of sp³-hybridized carbons (Fsp3) is 0.667. The van der Waals surface area contributed by atoms with Crippen LogP contribution in [0.3, 0.4) is 0 Å². The number of amides is 1. The Balaban J connectivity index is 1.69. The van der Waals surface area contributed by atoms with Crippen LogP contribution in [0.25, 0.3) is 0 Å². The van der Waals surface area contributed by atoms with Crippen LogP contribution in [0.2, 0.25) is 0 Å². The molecule has 5 nitrogen and oxygen atoms in total. The summed E-state index contributed by atoms with van der Waals surface area (Å²) in [6.45, 7) is 5.19. The minimum absolute atomic E-state index is 0.0135. The van der Waals surface area contributed by atoms with Crippen LogP contribution >= 0.6 is 11.3 Å². The van der Waals surface area contributed by atoms with Gasteiger partial charge < -0.3 is 16.0 Å². The molecule has 1 aromatic rings. The van der Waals surface area contributed by atoms with Crippen molar-refractivity contribution in [1.82, 2.24) is 15.2 Å². The van der Waals surface area contributed by atoms with Crippen molar-refractivity contribution in [2.45, 2.75) is 25.8 Å². The third-order valence-electron chi connectivity index (χ3n) is 3.99. The zero-order valence-electron chi connectivity index (χ0n) is 10.5. The molecule has 1 amide bonds. The van der Waals surface area contributed by atoms with Gasteiger partial charge in [0.1, 0.15) is 4.88 Å². The predicted molar refractivity (Wildman–Crippen MR) is 71.7 cm³/mol. The lowest BCUT2D eigenvalue weighted by molar-refractivity contribution is 0.0622. The van der Waals surface area contributed by atoms with E-state index in [1.54, 1.807) is 0 Å². The summed E-state index contributed by atoms with van der Waals surface area (Å²) in [7, 11) is 0. The number of carbonyl (C=O) groups is 1. The molecule has 3 aliphatic heterocycles. The van der Waals surface area contributed by atoms with Crippen LogP contribution in [0.4, 0.5) is 5.13 Å². The summed E-state index contributed by atoms with van der Waals surface area (Å²) in [4.78, 5) is 19.4. The summed E-state index contributed by atoms with van der Waals surface area (Å²) >= 11 is 1.27. The highest BCUT2D eigenvalue weighted by atomic mass is 32.1. The number of anilines is 1. The second kappa shape index (κ2) is 4.51. The number of nitrogens with zero attached hydrogens (tertiary/aromatic N) is 2. The van der Waals surface area contributed by atoms with E-state index < -0.39 is 0 Å². The van der Waals surface area contributed by atoms with Crippen molar-refractivity contribution in [3.63, 3.8) is 0 Å². The lowest BCUT2D eigenvalue weighted by Crippen LogP contribution is -2.57. The van der Waals surface area contributed by atoms with Crippen molar-refractivity contribution in [2.24, 2.45) is 5.92 Å². The van der Waals surface area contributed by atoms with Gasteiger partial charge in [-0.25, -0.2) is 4.98 Å².